The number of alkyl halides is 4. The van der Waals surface area contributed by atoms with Crippen molar-refractivity contribution in [2.45, 2.75) is 70.2 Å². The smallest absolute Gasteiger partial charge is 0.428 e. The molecule has 0 radical (unpaired) electrons. The predicted octanol–water partition coefficient (Wildman–Crippen LogP) is 5.66. The monoisotopic (exact) mass is 473 g/mol. The van der Waals surface area contributed by atoms with Crippen LogP contribution in [0.25, 0.3) is 0 Å². The fraction of sp³-hybridized carbons (Fsp3) is 0.545. The fourth-order valence-electron chi connectivity index (χ4n) is 4.16. The summed E-state index contributed by atoms with van der Waals surface area (Å²) in [4.78, 5) is 10.4. The first-order chi connectivity index (χ1) is 15.2. The van der Waals surface area contributed by atoms with Crippen molar-refractivity contribution in [1.29, 1.82) is 0 Å². The maximum absolute atomic E-state index is 14.5. The third kappa shape index (κ3) is 5.82. The highest BCUT2D eigenvalue weighted by atomic mass is 19.3. The van der Waals surface area contributed by atoms with Crippen LogP contribution in [0.3, 0.4) is 0 Å². The van der Waals surface area contributed by atoms with Crippen molar-refractivity contribution in [3.63, 3.8) is 0 Å². The van der Waals surface area contributed by atoms with Gasteiger partial charge in [-0.05, 0) is 59.7 Å². The van der Waals surface area contributed by atoms with Crippen LogP contribution in [-0.2, 0) is 0 Å². The molecule has 6 nitrogen and oxygen atoms in total. The average Bonchev–Trinajstić information content (AvgIpc) is 2.68. The zero-order valence-electron chi connectivity index (χ0n) is 19.1. The van der Waals surface area contributed by atoms with E-state index in [1.54, 1.807) is 0 Å². The Balaban J connectivity index is 1.76. The summed E-state index contributed by atoms with van der Waals surface area (Å²) in [7, 11) is 2.07. The summed E-state index contributed by atoms with van der Waals surface area (Å²) >= 11 is 0. The number of nitrogens with one attached hydrogen (secondary N) is 2. The first-order valence-electron chi connectivity index (χ1n) is 10.4. The number of rotatable bonds is 7. The summed E-state index contributed by atoms with van der Waals surface area (Å²) in [5, 5.41) is 5.92. The number of nitrogens with zero attached hydrogens (tertiary/aromatic N) is 3. The van der Waals surface area contributed by atoms with Crippen molar-refractivity contribution in [3.8, 4) is 5.75 Å². The van der Waals surface area contributed by atoms with Crippen LogP contribution in [-0.4, -0.2) is 51.6 Å². The molecule has 0 aliphatic carbocycles. The van der Waals surface area contributed by atoms with E-state index >= 15 is 0 Å². The van der Waals surface area contributed by atoms with E-state index in [9.17, 15) is 22.0 Å². The molecular weight excluding hydrogens is 445 g/mol. The molecule has 11 heteroatoms. The van der Waals surface area contributed by atoms with Crippen molar-refractivity contribution < 1.29 is 26.7 Å². The number of benzene rings is 1. The number of likely N-dealkylation sites (tertiary alicyclic amines) is 1. The first-order valence-corrected chi connectivity index (χ1v) is 10.4. The van der Waals surface area contributed by atoms with Crippen LogP contribution in [0.1, 0.15) is 40.5 Å². The lowest BCUT2D eigenvalue weighted by Gasteiger charge is -2.53. The third-order valence-corrected chi connectivity index (χ3v) is 5.99. The number of halogens is 5. The van der Waals surface area contributed by atoms with Crippen LogP contribution in [0.4, 0.5) is 39.4 Å². The second-order valence-electron chi connectivity index (χ2n) is 9.44. The van der Waals surface area contributed by atoms with Gasteiger partial charge in [-0.25, -0.2) is 9.37 Å². The van der Waals surface area contributed by atoms with E-state index < -0.39 is 24.1 Å². The van der Waals surface area contributed by atoms with Gasteiger partial charge >= 0.3 is 12.5 Å². The zero-order chi connectivity index (χ0) is 24.6. The van der Waals surface area contributed by atoms with Crippen LogP contribution >= 0.6 is 0 Å². The van der Waals surface area contributed by atoms with Gasteiger partial charge in [0.15, 0.2) is 11.6 Å². The number of hydrogen-bond acceptors (Lipinski definition) is 6. The SMILES string of the molecule is CN1C(C)(C)CC(Nc2nc(Nc3cccc(OC(F)(F)C(F)F)c3)ncc2F)CC1(C)C. The molecule has 2 N–H and O–H groups in total. The van der Waals surface area contributed by atoms with Crippen LogP contribution < -0.4 is 15.4 Å². The standard InChI is InChI=1S/C22H28F5N5O/c1-20(2)10-14(11-21(3,4)32(20)5)29-17-16(23)12-28-19(31-17)30-13-7-6-8-15(9-13)33-22(26,27)18(24)25/h6-9,12,14,18H,10-11H2,1-5H3,(H2,28,29,30,31). The Morgan fingerprint density at radius 3 is 2.39 bits per heavy atom. The van der Waals surface area contributed by atoms with Crippen molar-refractivity contribution in [1.82, 2.24) is 14.9 Å². The Labute approximate surface area is 189 Å². The molecule has 2 aromatic rings. The molecule has 0 spiro atoms. The molecule has 3 rings (SSSR count). The molecule has 1 aliphatic rings. The van der Waals surface area contributed by atoms with Gasteiger partial charge in [0.2, 0.25) is 5.95 Å². The average molecular weight is 473 g/mol. The summed E-state index contributed by atoms with van der Waals surface area (Å²) in [6.45, 7) is 8.49. The molecule has 0 atom stereocenters. The van der Waals surface area contributed by atoms with Crippen LogP contribution in [0, 0.1) is 5.82 Å². The normalized spacial score (nSPS) is 18.9. The Hall–Kier alpha value is -2.69. The molecule has 0 unspecified atom stereocenters. The van der Waals surface area contributed by atoms with E-state index in [-0.39, 0.29) is 34.6 Å². The van der Waals surface area contributed by atoms with Gasteiger partial charge in [0.1, 0.15) is 5.75 Å². The molecule has 33 heavy (non-hydrogen) atoms. The molecule has 1 aromatic heterocycles. The number of aromatic nitrogens is 2. The Bertz CT molecular complexity index is 967. The van der Waals surface area contributed by atoms with Gasteiger partial charge in [-0.1, -0.05) is 6.07 Å². The highest BCUT2D eigenvalue weighted by Crippen LogP contribution is 2.38. The Morgan fingerprint density at radius 1 is 1.15 bits per heavy atom. The first kappa shape index (κ1) is 24.9. The topological polar surface area (TPSA) is 62.3 Å². The Kier molecular flexibility index (Phi) is 6.74. The molecule has 182 valence electrons. The van der Waals surface area contributed by atoms with E-state index in [0.29, 0.717) is 0 Å². The van der Waals surface area contributed by atoms with Crippen molar-refractivity contribution in [2.75, 3.05) is 17.7 Å². The van der Waals surface area contributed by atoms with Crippen LogP contribution in [0.5, 0.6) is 5.75 Å². The highest BCUT2D eigenvalue weighted by Gasteiger charge is 2.44. The molecule has 1 saturated heterocycles. The van der Waals surface area contributed by atoms with Gasteiger partial charge in [0, 0.05) is 28.9 Å². The number of ether oxygens (including phenoxy) is 1. The number of piperidine rings is 1. The number of anilines is 3. The van der Waals surface area contributed by atoms with Gasteiger partial charge in [0.25, 0.3) is 0 Å². The molecular formula is C22H28F5N5O. The molecule has 0 amide bonds. The summed E-state index contributed by atoms with van der Waals surface area (Å²) in [5.41, 5.74) is -0.0354. The molecule has 0 saturated carbocycles. The second-order valence-corrected chi connectivity index (χ2v) is 9.44. The van der Waals surface area contributed by atoms with E-state index in [1.165, 1.54) is 12.1 Å². The van der Waals surface area contributed by atoms with E-state index in [4.69, 9.17) is 0 Å². The van der Waals surface area contributed by atoms with Gasteiger partial charge < -0.3 is 15.4 Å². The van der Waals surface area contributed by atoms with Crippen molar-refractivity contribution in [3.05, 3.63) is 36.3 Å². The van der Waals surface area contributed by atoms with Gasteiger partial charge in [0.05, 0.1) is 6.20 Å². The lowest BCUT2D eigenvalue weighted by molar-refractivity contribution is -0.253. The van der Waals surface area contributed by atoms with E-state index in [0.717, 1.165) is 31.2 Å². The molecule has 1 aromatic carbocycles. The van der Waals surface area contributed by atoms with Crippen LogP contribution in [0.15, 0.2) is 30.5 Å². The van der Waals surface area contributed by atoms with Gasteiger partial charge in [-0.15, -0.1) is 0 Å². The maximum atomic E-state index is 14.5. The minimum Gasteiger partial charge on any atom is -0.428 e. The van der Waals surface area contributed by atoms with Crippen LogP contribution in [0.2, 0.25) is 0 Å². The summed E-state index contributed by atoms with van der Waals surface area (Å²) < 4.78 is 69.7. The lowest BCUT2D eigenvalue weighted by atomic mass is 9.77. The quantitative estimate of drug-likeness (QED) is 0.506. The molecule has 1 fully saturated rings. The Morgan fingerprint density at radius 2 is 1.79 bits per heavy atom. The van der Waals surface area contributed by atoms with E-state index in [1.807, 2.05) is 0 Å². The summed E-state index contributed by atoms with van der Waals surface area (Å²) in [6.07, 6.45) is -6.09. The van der Waals surface area contributed by atoms with E-state index in [2.05, 4.69) is 65.0 Å². The molecule has 0 bridgehead atoms. The lowest BCUT2D eigenvalue weighted by Crippen LogP contribution is -2.61. The fourth-order valence-corrected chi connectivity index (χ4v) is 4.16. The second kappa shape index (κ2) is 8.92. The highest BCUT2D eigenvalue weighted by molar-refractivity contribution is 5.57. The zero-order valence-corrected chi connectivity index (χ0v) is 19.1. The van der Waals surface area contributed by atoms with Crippen molar-refractivity contribution >= 4 is 17.5 Å². The summed E-state index contributed by atoms with van der Waals surface area (Å²) in [6, 6.07) is 4.98. The van der Waals surface area contributed by atoms with Gasteiger partial charge in [-0.2, -0.15) is 22.5 Å². The maximum Gasteiger partial charge on any atom is 0.461 e. The predicted molar refractivity (Wildman–Crippen MR) is 116 cm³/mol. The third-order valence-electron chi connectivity index (χ3n) is 5.99. The molecule has 2 heterocycles. The number of hydrogen-bond donors (Lipinski definition) is 2. The van der Waals surface area contributed by atoms with Crippen molar-refractivity contribution in [2.24, 2.45) is 0 Å². The largest absolute Gasteiger partial charge is 0.461 e. The minimum atomic E-state index is -4.63. The van der Waals surface area contributed by atoms with Gasteiger partial charge in [-0.3, -0.25) is 4.90 Å². The summed E-state index contributed by atoms with van der Waals surface area (Å²) in [5.74, 6) is -1.10. The minimum absolute atomic E-state index is 0.00289. The molecule has 1 aliphatic heterocycles.